The zero-order valence-corrected chi connectivity index (χ0v) is 12.2. The average molecular weight is 270 g/mol. The first-order valence-corrected chi connectivity index (χ1v) is 6.65. The van der Waals surface area contributed by atoms with Crippen molar-refractivity contribution in [3.8, 4) is 5.75 Å². The number of ether oxygens (including phenoxy) is 1. The quantitative estimate of drug-likeness (QED) is 0.481. The van der Waals surface area contributed by atoms with Crippen LogP contribution in [0.25, 0.3) is 10.8 Å². The molecule has 0 aliphatic heterocycles. The van der Waals surface area contributed by atoms with Crippen molar-refractivity contribution in [3.05, 3.63) is 41.0 Å². The van der Waals surface area contributed by atoms with E-state index in [2.05, 4.69) is 0 Å². The number of carbonyl (C=O) groups excluding carboxylic acids is 2. The summed E-state index contributed by atoms with van der Waals surface area (Å²) in [5.74, 6) is 0.383. The molecule has 104 valence electrons. The van der Waals surface area contributed by atoms with Crippen LogP contribution in [0.1, 0.15) is 48.2 Å². The van der Waals surface area contributed by atoms with Crippen molar-refractivity contribution >= 4 is 23.0 Å². The molecule has 0 aliphatic rings. The maximum Gasteiger partial charge on any atom is 0.308 e. The highest BCUT2D eigenvalue weighted by Crippen LogP contribution is 2.38. The van der Waals surface area contributed by atoms with E-state index in [9.17, 15) is 9.59 Å². The fraction of sp³-hybridized carbons (Fsp3) is 0.294. The normalized spacial score (nSPS) is 10.8. The van der Waals surface area contributed by atoms with Crippen LogP contribution in [0.15, 0.2) is 24.3 Å². The molecule has 0 amide bonds. The van der Waals surface area contributed by atoms with Gasteiger partial charge in [-0.3, -0.25) is 9.59 Å². The van der Waals surface area contributed by atoms with Crippen LogP contribution in [0, 0.1) is 6.92 Å². The largest absolute Gasteiger partial charge is 0.426 e. The summed E-state index contributed by atoms with van der Waals surface area (Å²) >= 11 is 0. The zero-order chi connectivity index (χ0) is 14.9. The van der Waals surface area contributed by atoms with E-state index in [1.807, 2.05) is 45.0 Å². The summed E-state index contributed by atoms with van der Waals surface area (Å²) < 4.78 is 5.45. The second-order valence-corrected chi connectivity index (χ2v) is 5.25. The van der Waals surface area contributed by atoms with Crippen molar-refractivity contribution < 1.29 is 14.3 Å². The maximum atomic E-state index is 11.4. The molecule has 0 unspecified atom stereocenters. The number of benzene rings is 2. The lowest BCUT2D eigenvalue weighted by Gasteiger charge is -2.17. The van der Waals surface area contributed by atoms with Crippen LogP contribution < -0.4 is 4.74 Å². The number of carbonyl (C=O) groups is 2. The molecule has 0 atom stereocenters. The second-order valence-electron chi connectivity index (χ2n) is 5.25. The Kier molecular flexibility index (Phi) is 3.89. The van der Waals surface area contributed by atoms with E-state index in [0.717, 1.165) is 28.2 Å². The molecule has 0 radical (unpaired) electrons. The molecule has 3 heteroatoms. The zero-order valence-electron chi connectivity index (χ0n) is 12.2. The van der Waals surface area contributed by atoms with Gasteiger partial charge in [0, 0.05) is 17.9 Å². The Morgan fingerprint density at radius 2 is 2.00 bits per heavy atom. The van der Waals surface area contributed by atoms with Gasteiger partial charge in [0.15, 0.2) is 6.29 Å². The van der Waals surface area contributed by atoms with Crippen LogP contribution >= 0.6 is 0 Å². The van der Waals surface area contributed by atoms with Gasteiger partial charge >= 0.3 is 5.97 Å². The van der Waals surface area contributed by atoms with E-state index < -0.39 is 0 Å². The van der Waals surface area contributed by atoms with Gasteiger partial charge in [0.2, 0.25) is 0 Å². The van der Waals surface area contributed by atoms with E-state index in [1.165, 1.54) is 6.92 Å². The van der Waals surface area contributed by atoms with Crippen LogP contribution in [0.5, 0.6) is 5.75 Å². The van der Waals surface area contributed by atoms with Gasteiger partial charge in [-0.15, -0.1) is 0 Å². The number of rotatable bonds is 3. The summed E-state index contributed by atoms with van der Waals surface area (Å²) in [5, 5.41) is 1.66. The molecule has 0 heterocycles. The first-order valence-electron chi connectivity index (χ1n) is 6.65. The number of hydrogen-bond donors (Lipinski definition) is 0. The Morgan fingerprint density at radius 1 is 1.30 bits per heavy atom. The van der Waals surface area contributed by atoms with Crippen molar-refractivity contribution in [2.24, 2.45) is 0 Å². The minimum Gasteiger partial charge on any atom is -0.426 e. The molecule has 2 aromatic carbocycles. The summed E-state index contributed by atoms with van der Waals surface area (Å²) in [6, 6.07) is 7.55. The molecule has 0 aromatic heterocycles. The third-order valence-corrected chi connectivity index (χ3v) is 3.38. The number of hydrogen-bond acceptors (Lipinski definition) is 3. The third-order valence-electron chi connectivity index (χ3n) is 3.38. The van der Waals surface area contributed by atoms with Gasteiger partial charge in [-0.25, -0.2) is 0 Å². The Labute approximate surface area is 118 Å². The summed E-state index contributed by atoms with van der Waals surface area (Å²) in [6.45, 7) is 7.37. The predicted octanol–water partition coefficient (Wildman–Crippen LogP) is 4.01. The number of fused-ring (bicyclic) bond motifs is 1. The SMILES string of the molecule is CC(=O)Oc1c(C(C)C)cc(C=O)c2cccc(C)c12. The summed E-state index contributed by atoms with van der Waals surface area (Å²) in [6.07, 6.45) is 0.852. The van der Waals surface area contributed by atoms with Gasteiger partial charge in [0.25, 0.3) is 0 Å². The lowest BCUT2D eigenvalue weighted by atomic mass is 9.92. The molecule has 0 saturated heterocycles. The molecule has 0 aliphatic carbocycles. The Hall–Kier alpha value is -2.16. The van der Waals surface area contributed by atoms with E-state index in [4.69, 9.17) is 4.74 Å². The van der Waals surface area contributed by atoms with Crippen LogP contribution in [0.4, 0.5) is 0 Å². The number of aryl methyl sites for hydroxylation is 1. The van der Waals surface area contributed by atoms with Crippen LogP contribution in [-0.2, 0) is 4.79 Å². The molecule has 0 N–H and O–H groups in total. The van der Waals surface area contributed by atoms with Gasteiger partial charge in [0.05, 0.1) is 0 Å². The fourth-order valence-corrected chi connectivity index (χ4v) is 2.44. The van der Waals surface area contributed by atoms with Crippen LogP contribution in [-0.4, -0.2) is 12.3 Å². The highest BCUT2D eigenvalue weighted by Gasteiger charge is 2.18. The van der Waals surface area contributed by atoms with Crippen LogP contribution in [0.3, 0.4) is 0 Å². The highest BCUT2D eigenvalue weighted by molar-refractivity contribution is 6.04. The molecule has 3 nitrogen and oxygen atoms in total. The second kappa shape index (κ2) is 5.45. The number of aldehydes is 1. The minimum atomic E-state index is -0.352. The summed E-state index contributed by atoms with van der Waals surface area (Å²) in [7, 11) is 0. The van der Waals surface area contributed by atoms with Gasteiger partial charge in [-0.1, -0.05) is 32.0 Å². The van der Waals surface area contributed by atoms with Crippen molar-refractivity contribution in [2.75, 3.05) is 0 Å². The molecule has 2 rings (SSSR count). The molecular weight excluding hydrogens is 252 g/mol. The summed E-state index contributed by atoms with van der Waals surface area (Å²) in [5.41, 5.74) is 2.50. The highest BCUT2D eigenvalue weighted by atomic mass is 16.5. The first kappa shape index (κ1) is 14.3. The van der Waals surface area contributed by atoms with Gasteiger partial charge in [0.1, 0.15) is 5.75 Å². The summed E-state index contributed by atoms with van der Waals surface area (Å²) in [4.78, 5) is 22.7. The topological polar surface area (TPSA) is 43.4 Å². The standard InChI is InChI=1S/C17H18O3/c1-10(2)15-8-13(9-18)14-7-5-6-11(3)16(14)17(15)20-12(4)19/h5-10H,1-4H3. The lowest BCUT2D eigenvalue weighted by molar-refractivity contribution is -0.131. The van der Waals surface area contributed by atoms with Gasteiger partial charge < -0.3 is 4.74 Å². The number of esters is 1. The van der Waals surface area contributed by atoms with Crippen LogP contribution in [0.2, 0.25) is 0 Å². The van der Waals surface area contributed by atoms with E-state index in [0.29, 0.717) is 11.3 Å². The van der Waals surface area contributed by atoms with Crippen molar-refractivity contribution in [2.45, 2.75) is 33.6 Å². The maximum absolute atomic E-state index is 11.4. The first-order chi connectivity index (χ1) is 9.45. The monoisotopic (exact) mass is 270 g/mol. The lowest BCUT2D eigenvalue weighted by Crippen LogP contribution is -2.07. The molecule has 0 spiro atoms. The molecule has 0 bridgehead atoms. The fourth-order valence-electron chi connectivity index (χ4n) is 2.44. The van der Waals surface area contributed by atoms with Gasteiger partial charge in [-0.05, 0) is 35.4 Å². The molecule has 2 aromatic rings. The molecule has 0 saturated carbocycles. The Morgan fingerprint density at radius 3 is 2.55 bits per heavy atom. The average Bonchev–Trinajstić information content (AvgIpc) is 2.38. The Balaban J connectivity index is 2.93. The van der Waals surface area contributed by atoms with Crippen molar-refractivity contribution in [1.82, 2.24) is 0 Å². The van der Waals surface area contributed by atoms with E-state index in [-0.39, 0.29) is 11.9 Å². The van der Waals surface area contributed by atoms with E-state index in [1.54, 1.807) is 0 Å². The van der Waals surface area contributed by atoms with Crippen molar-refractivity contribution in [3.63, 3.8) is 0 Å². The molecule has 0 fully saturated rings. The van der Waals surface area contributed by atoms with E-state index >= 15 is 0 Å². The van der Waals surface area contributed by atoms with Crippen molar-refractivity contribution in [1.29, 1.82) is 0 Å². The van der Waals surface area contributed by atoms with Gasteiger partial charge in [-0.2, -0.15) is 0 Å². The third kappa shape index (κ3) is 2.44. The molecular formula is C17H18O3. The minimum absolute atomic E-state index is 0.159. The molecule has 20 heavy (non-hydrogen) atoms. The predicted molar refractivity (Wildman–Crippen MR) is 79.5 cm³/mol. The Bertz CT molecular complexity index is 684. The smallest absolute Gasteiger partial charge is 0.308 e.